The summed E-state index contributed by atoms with van der Waals surface area (Å²) in [5, 5.41) is 13.8. The smallest absolute Gasteiger partial charge is 0 e. The molecule has 0 spiro atoms. The van der Waals surface area contributed by atoms with Crippen LogP contribution in [-0.2, 0) is 67.2 Å². The van der Waals surface area contributed by atoms with Gasteiger partial charge in [0, 0.05) is 39.0 Å². The van der Waals surface area contributed by atoms with Crippen LogP contribution in [-0.4, -0.2) is 23.2 Å². The summed E-state index contributed by atoms with van der Waals surface area (Å²) >= 11 is 0. The molecule has 0 fully saturated rings. The third kappa shape index (κ3) is 2660. The summed E-state index contributed by atoms with van der Waals surface area (Å²) in [5.74, 6) is 0. The molecule has 10 heteroatoms. The predicted octanol–water partition coefficient (Wildman–Crippen LogP) is -0.753. The topological polar surface area (TPSA) is 154 Å². The second kappa shape index (κ2) is 1860. The normalized spacial score (nSPS) is 2.00. The van der Waals surface area contributed by atoms with Crippen molar-refractivity contribution in [2.24, 2.45) is 0 Å². The van der Waals surface area contributed by atoms with E-state index in [1.807, 2.05) is 0 Å². The van der Waals surface area contributed by atoms with Gasteiger partial charge in [0.1, 0.15) is 0 Å². The summed E-state index contributed by atoms with van der Waals surface area (Å²) in [7, 11) is 0. The van der Waals surface area contributed by atoms with Gasteiger partial charge >= 0.3 is 45.2 Å². The van der Waals surface area contributed by atoms with Gasteiger partial charge in [0.2, 0.25) is 0 Å². The molecule has 0 rings (SSSR count). The van der Waals surface area contributed by atoms with Crippen LogP contribution in [0.5, 0.6) is 0 Å². The number of carboxylic acid groups (broad SMARTS) is 2. The fourth-order valence-corrected chi connectivity index (χ4v) is 0. The predicted molar refractivity (Wildman–Crippen MR) is 33.1 cm³/mol. The quantitative estimate of drug-likeness (QED) is 0.233. The molecule has 0 bridgehead atoms. The van der Waals surface area contributed by atoms with Crippen molar-refractivity contribution in [3.05, 3.63) is 26.6 Å². The van der Waals surface area contributed by atoms with Crippen molar-refractivity contribution in [2.75, 3.05) is 0 Å². The third-order valence-corrected chi connectivity index (χ3v) is 0. The SMILES string of the molecule is O=CO.O=CO.[C-]#[O+].[C-]#[O+].[C-]#[O+].[C-]#[O+].[Rh].[Rh]. The fourth-order valence-electron chi connectivity index (χ4n) is 0. The molecule has 0 saturated heterocycles. The average molecular weight is 410 g/mol. The van der Waals surface area contributed by atoms with Crippen molar-refractivity contribution in [1.82, 2.24) is 0 Å². The summed E-state index contributed by atoms with van der Waals surface area (Å²) in [6, 6.07) is 0. The van der Waals surface area contributed by atoms with Gasteiger partial charge < -0.3 is 10.2 Å². The van der Waals surface area contributed by atoms with Crippen LogP contribution in [0.25, 0.3) is 0 Å². The number of rotatable bonds is 0. The van der Waals surface area contributed by atoms with E-state index in [1.165, 1.54) is 0 Å². The molecule has 0 atom stereocenters. The van der Waals surface area contributed by atoms with Crippen LogP contribution in [0.2, 0.25) is 0 Å². The Balaban J connectivity index is -0.00000000791. The van der Waals surface area contributed by atoms with E-state index in [9.17, 15) is 0 Å². The third-order valence-electron chi connectivity index (χ3n) is 0. The van der Waals surface area contributed by atoms with Gasteiger partial charge in [0.25, 0.3) is 12.9 Å². The Hall–Kier alpha value is -0.853. The largest absolute Gasteiger partial charge is 0 e. The van der Waals surface area contributed by atoms with Crippen LogP contribution in [0, 0.1) is 26.6 Å². The van der Waals surface area contributed by atoms with E-state index in [2.05, 4.69) is 26.6 Å². The minimum absolute atomic E-state index is 0. The Bertz CT molecular complexity index is 120. The Labute approximate surface area is 117 Å². The van der Waals surface area contributed by atoms with Crippen LogP contribution in [0.4, 0.5) is 0 Å². The Morgan fingerprint density at radius 2 is 0.625 bits per heavy atom. The molecule has 0 heterocycles. The summed E-state index contributed by atoms with van der Waals surface area (Å²) in [6.45, 7) is 17.5. The van der Waals surface area contributed by atoms with Crippen molar-refractivity contribution in [3.63, 3.8) is 0 Å². The van der Waals surface area contributed by atoms with Crippen LogP contribution in [0.1, 0.15) is 0 Å². The van der Waals surface area contributed by atoms with E-state index >= 15 is 0 Å². The molecule has 0 aliphatic carbocycles. The van der Waals surface area contributed by atoms with Crippen molar-refractivity contribution >= 4 is 12.9 Å². The Morgan fingerprint density at radius 1 is 0.625 bits per heavy atom. The van der Waals surface area contributed by atoms with Gasteiger partial charge in [-0.05, 0) is 0 Å². The van der Waals surface area contributed by atoms with E-state index in [0.717, 1.165) is 0 Å². The standard InChI is InChI=1S/2CH2O2.4CO.2Rh/c2*2-1-3;4*1-2;;/h2*1H,(H,2,3);;;;;;. The molecule has 0 aromatic rings. The van der Waals surface area contributed by atoms with Crippen molar-refractivity contribution in [1.29, 1.82) is 0 Å². The van der Waals surface area contributed by atoms with Gasteiger partial charge in [-0.25, -0.2) is 0 Å². The summed E-state index contributed by atoms with van der Waals surface area (Å²) in [5.41, 5.74) is 0. The van der Waals surface area contributed by atoms with Gasteiger partial charge in [-0.15, -0.1) is 0 Å². The van der Waals surface area contributed by atoms with Crippen molar-refractivity contribution in [2.45, 2.75) is 0 Å². The van der Waals surface area contributed by atoms with E-state index < -0.39 is 0 Å². The molecule has 0 amide bonds. The molecule has 0 aromatic heterocycles. The van der Waals surface area contributed by atoms with Crippen LogP contribution >= 0.6 is 0 Å². The molecule has 2 radical (unpaired) electrons. The Kier molecular flexibility index (Phi) is 6900. The number of hydrogen-bond acceptors (Lipinski definition) is 2. The molecule has 0 aromatic carbocycles. The van der Waals surface area contributed by atoms with E-state index in [-0.39, 0.29) is 51.9 Å². The van der Waals surface area contributed by atoms with E-state index in [4.69, 9.17) is 38.4 Å². The van der Waals surface area contributed by atoms with Gasteiger partial charge in [0.05, 0.1) is 0 Å². The molecule has 0 saturated carbocycles. The molecular weight excluding hydrogens is 406 g/mol. The van der Waals surface area contributed by atoms with Crippen LogP contribution < -0.4 is 0 Å². The molecule has 2 N–H and O–H groups in total. The first kappa shape index (κ1) is 59.3. The zero-order chi connectivity index (χ0) is 13.4. The zero-order valence-corrected chi connectivity index (χ0v) is 10.4. The van der Waals surface area contributed by atoms with Crippen molar-refractivity contribution < 1.29 is 77.4 Å². The Morgan fingerprint density at radius 3 is 0.625 bits per heavy atom. The summed E-state index contributed by atoms with van der Waals surface area (Å²) < 4.78 is 30.0. The maximum atomic E-state index is 8.36. The van der Waals surface area contributed by atoms with Crippen molar-refractivity contribution in [3.8, 4) is 0 Å². The second-order valence-electron chi connectivity index (χ2n) is 0.211. The minimum Gasteiger partial charge on any atom is 0 e. The minimum atomic E-state index is -0.250. The van der Waals surface area contributed by atoms with Crippen LogP contribution in [0.3, 0.4) is 0 Å². The fraction of sp³-hybridized carbons (Fsp3) is 0. The monoisotopic (exact) mass is 410 g/mol. The second-order valence-corrected chi connectivity index (χ2v) is 0.211. The maximum Gasteiger partial charge on any atom is 0 e. The summed E-state index contributed by atoms with van der Waals surface area (Å²) in [6.07, 6.45) is 0. The number of hydrogen-bond donors (Lipinski definition) is 2. The van der Waals surface area contributed by atoms with Crippen LogP contribution in [0.15, 0.2) is 0 Å². The first-order chi connectivity index (χ1) is 6.83. The molecule has 0 aliphatic heterocycles. The first-order valence-electron chi connectivity index (χ1n) is 1.80. The first-order valence-corrected chi connectivity index (χ1v) is 1.80. The van der Waals surface area contributed by atoms with E-state index in [0.29, 0.717) is 0 Å². The maximum absolute atomic E-state index is 8.36. The molecular formula is C6H4O8Rh2. The molecule has 0 aliphatic rings. The van der Waals surface area contributed by atoms with Gasteiger partial charge in [0.15, 0.2) is 0 Å². The van der Waals surface area contributed by atoms with E-state index in [1.54, 1.807) is 0 Å². The number of carbonyl (C=O) groups is 2. The molecule has 8 nitrogen and oxygen atoms in total. The molecule has 94 valence electrons. The van der Waals surface area contributed by atoms with Gasteiger partial charge in [-0.1, -0.05) is 0 Å². The molecule has 16 heavy (non-hydrogen) atoms. The van der Waals surface area contributed by atoms with Gasteiger partial charge in [-0.2, -0.15) is 0 Å². The molecule has 0 unspecified atom stereocenters. The van der Waals surface area contributed by atoms with Gasteiger partial charge in [-0.3, -0.25) is 9.59 Å². The average Bonchev–Trinajstić information content (AvgIpc) is 2.31. The summed E-state index contributed by atoms with van der Waals surface area (Å²) in [4.78, 5) is 16.7. The zero-order valence-electron chi connectivity index (χ0n) is 7.17.